The Kier molecular flexibility index (Phi) is 16.3. The molecule has 79 heavy (non-hydrogen) atoms. The number of fused-ring (bicyclic) bond motifs is 2. The zero-order valence-corrected chi connectivity index (χ0v) is 45.0. The van der Waals surface area contributed by atoms with Crippen molar-refractivity contribution in [3.63, 3.8) is 0 Å². The number of hydrogen-bond acceptors (Lipinski definition) is 14. The molecule has 21 heteroatoms. The lowest BCUT2D eigenvalue weighted by Gasteiger charge is -2.42. The number of nitrogens with one attached hydrogen (secondary N) is 2. The first kappa shape index (κ1) is 54.9. The molecule has 2 aromatic heterocycles. The van der Waals surface area contributed by atoms with Crippen LogP contribution in [0.2, 0.25) is 5.02 Å². The third kappa shape index (κ3) is 12.2. The smallest absolute Gasteiger partial charge is 0.405 e. The third-order valence-electron chi connectivity index (χ3n) is 15.7. The minimum absolute atomic E-state index is 0.0273. The second kappa shape index (κ2) is 23.5. The second-order valence-electron chi connectivity index (χ2n) is 21.4. The highest BCUT2D eigenvalue weighted by Crippen LogP contribution is 2.40. The van der Waals surface area contributed by atoms with Gasteiger partial charge in [0.1, 0.15) is 30.5 Å². The van der Waals surface area contributed by atoms with Gasteiger partial charge in [-0.1, -0.05) is 68.4 Å². The van der Waals surface area contributed by atoms with Gasteiger partial charge in [0.2, 0.25) is 11.7 Å². The maximum Gasteiger partial charge on any atom is 0.405 e. The number of phenols is 2. The molecule has 3 saturated heterocycles. The highest BCUT2D eigenvalue weighted by atomic mass is 35.5. The predicted octanol–water partition coefficient (Wildman–Crippen LogP) is 8.49. The van der Waals surface area contributed by atoms with Crippen LogP contribution in [0.3, 0.4) is 0 Å². The van der Waals surface area contributed by atoms with Gasteiger partial charge in [0.15, 0.2) is 5.82 Å². The van der Waals surface area contributed by atoms with Gasteiger partial charge < -0.3 is 45.2 Å². The monoisotopic (exact) mass is 1100 g/mol. The van der Waals surface area contributed by atoms with Crippen molar-refractivity contribution in [3.8, 4) is 40.7 Å². The molecule has 0 aliphatic carbocycles. The molecule has 10 rings (SSSR count). The van der Waals surface area contributed by atoms with Gasteiger partial charge in [0, 0.05) is 73.2 Å². The Morgan fingerprint density at radius 2 is 1.71 bits per heavy atom. The zero-order chi connectivity index (χ0) is 55.5. The summed E-state index contributed by atoms with van der Waals surface area (Å²) in [5, 5.41) is 47.7. The number of anilines is 2. The summed E-state index contributed by atoms with van der Waals surface area (Å²) in [6, 6.07) is 24.9. The normalized spacial score (nSPS) is 19.2. The number of likely N-dealkylation sites (tertiary alicyclic amines) is 1. The molecule has 0 spiro atoms. The number of aromatic hydroxyl groups is 2. The number of hydrogen-bond donors (Lipinski definition) is 4. The highest BCUT2D eigenvalue weighted by molar-refractivity contribution is 6.36. The van der Waals surface area contributed by atoms with Crippen LogP contribution in [-0.4, -0.2) is 140 Å². The van der Waals surface area contributed by atoms with Crippen LogP contribution in [0.25, 0.3) is 27.8 Å². The molecule has 4 aliphatic heterocycles. The third-order valence-corrected chi connectivity index (χ3v) is 16.1. The van der Waals surface area contributed by atoms with Crippen LogP contribution in [-0.2, 0) is 24.2 Å². The number of piperazine rings is 1. The fourth-order valence-corrected chi connectivity index (χ4v) is 12.0. The predicted molar refractivity (Wildman–Crippen MR) is 295 cm³/mol. The fourth-order valence-electron chi connectivity index (χ4n) is 11.7. The van der Waals surface area contributed by atoms with Crippen LogP contribution >= 0.6 is 11.6 Å². The van der Waals surface area contributed by atoms with E-state index in [-0.39, 0.29) is 65.1 Å². The van der Waals surface area contributed by atoms with E-state index in [4.69, 9.17) is 26.3 Å². The summed E-state index contributed by atoms with van der Waals surface area (Å²) in [5.41, 5.74) is 5.07. The Balaban J connectivity index is 0.770. The van der Waals surface area contributed by atoms with E-state index in [0.717, 1.165) is 97.4 Å². The number of halogens is 4. The Hall–Kier alpha value is -7.47. The van der Waals surface area contributed by atoms with Crippen molar-refractivity contribution in [3.05, 3.63) is 119 Å². The van der Waals surface area contributed by atoms with E-state index in [1.807, 2.05) is 49.5 Å². The van der Waals surface area contributed by atoms with E-state index in [0.29, 0.717) is 67.4 Å². The van der Waals surface area contributed by atoms with E-state index in [1.165, 1.54) is 16.7 Å². The lowest BCUT2D eigenvalue weighted by molar-refractivity contribution is -0.128. The lowest BCUT2D eigenvalue weighted by atomic mass is 9.90. The SMILES string of the molecule is C=CC(=O)N1CCN(c2nc(OCC3CCC(CN4CCC(Cc5ccc(-n6c(C(=O)NCC(F)(F)F)nnc6-c6cc(C(C)C)c(O)cc6O)cc5)CC4)N3)nc3c2CCN(c2cccc4cccc(Cl)c24)C3)C[C@@H]1CC#N. The quantitative estimate of drug-likeness (QED) is 0.0673. The van der Waals surface area contributed by atoms with Gasteiger partial charge in [-0.15, -0.1) is 10.2 Å². The topological polar surface area (TPSA) is 201 Å². The average Bonchev–Trinajstić information content (AvgIpc) is 4.27. The van der Waals surface area contributed by atoms with E-state index in [2.05, 4.69) is 61.1 Å². The maximum absolute atomic E-state index is 13.2. The van der Waals surface area contributed by atoms with Crippen molar-refractivity contribution in [1.82, 2.24) is 45.2 Å². The largest absolute Gasteiger partial charge is 0.508 e. The number of piperidine rings is 1. The van der Waals surface area contributed by atoms with Gasteiger partial charge >= 0.3 is 12.2 Å². The number of carbonyl (C=O) groups excluding carboxylic acids is 2. The molecule has 4 N–H and O–H groups in total. The maximum atomic E-state index is 13.2. The summed E-state index contributed by atoms with van der Waals surface area (Å²) in [6.45, 7) is 11.7. The molecule has 3 atom stereocenters. The number of nitriles is 1. The number of phenolic OH excluding ortho intramolecular Hbond substituents is 2. The molecule has 6 aromatic rings. The highest BCUT2D eigenvalue weighted by Gasteiger charge is 2.35. The Morgan fingerprint density at radius 3 is 2.44 bits per heavy atom. The first-order valence-electron chi connectivity index (χ1n) is 27.0. The van der Waals surface area contributed by atoms with Crippen LogP contribution in [0.4, 0.5) is 24.7 Å². The summed E-state index contributed by atoms with van der Waals surface area (Å²) >= 11 is 6.80. The first-order chi connectivity index (χ1) is 38.0. The molecular weight excluding hydrogens is 1040 g/mol. The van der Waals surface area contributed by atoms with Crippen molar-refractivity contribution >= 4 is 45.7 Å². The van der Waals surface area contributed by atoms with Gasteiger partial charge in [-0.05, 0) is 116 Å². The van der Waals surface area contributed by atoms with Crippen LogP contribution in [0.1, 0.15) is 84.9 Å². The summed E-state index contributed by atoms with van der Waals surface area (Å²) in [6.07, 6.45) is 2.27. The number of nitrogens with zero attached hydrogens (tertiary/aromatic N) is 10. The molecule has 3 fully saturated rings. The van der Waals surface area contributed by atoms with E-state index < -0.39 is 18.6 Å². The van der Waals surface area contributed by atoms with Crippen LogP contribution < -0.4 is 25.2 Å². The van der Waals surface area contributed by atoms with Crippen molar-refractivity contribution < 1.29 is 37.7 Å². The summed E-state index contributed by atoms with van der Waals surface area (Å²) < 4.78 is 47.3. The molecule has 2 unspecified atom stereocenters. The number of ether oxygens (including phenoxy) is 1. The number of alkyl halides is 3. The molecule has 0 bridgehead atoms. The molecule has 4 aromatic carbocycles. The van der Waals surface area contributed by atoms with Gasteiger partial charge in [-0.2, -0.15) is 28.4 Å². The van der Waals surface area contributed by atoms with Gasteiger partial charge in [0.25, 0.3) is 5.91 Å². The van der Waals surface area contributed by atoms with Crippen molar-refractivity contribution in [2.24, 2.45) is 5.92 Å². The second-order valence-corrected chi connectivity index (χ2v) is 21.8. The molecule has 0 radical (unpaired) electrons. The molecule has 17 nitrogen and oxygen atoms in total. The fraction of sp³-hybridized carbons (Fsp3) is 0.431. The van der Waals surface area contributed by atoms with Crippen molar-refractivity contribution in [2.75, 3.05) is 68.8 Å². The Bertz CT molecular complexity index is 3260. The number of benzene rings is 4. The number of aromatic nitrogens is 5. The Labute approximate surface area is 461 Å². The minimum atomic E-state index is -4.65. The van der Waals surface area contributed by atoms with Gasteiger partial charge in [-0.25, -0.2) is 0 Å². The van der Waals surface area contributed by atoms with E-state index in [1.54, 1.807) is 23.1 Å². The van der Waals surface area contributed by atoms with Gasteiger partial charge in [-0.3, -0.25) is 14.2 Å². The van der Waals surface area contributed by atoms with Crippen LogP contribution in [0, 0.1) is 17.2 Å². The van der Waals surface area contributed by atoms with E-state index in [9.17, 15) is 38.2 Å². The molecule has 6 heterocycles. The lowest BCUT2D eigenvalue weighted by Crippen LogP contribution is -2.55. The molecule has 2 amide bonds. The van der Waals surface area contributed by atoms with Crippen molar-refractivity contribution in [1.29, 1.82) is 5.26 Å². The number of rotatable bonds is 16. The average molecular weight is 1100 g/mol. The zero-order valence-electron chi connectivity index (χ0n) is 44.2. The molecule has 414 valence electrons. The summed E-state index contributed by atoms with van der Waals surface area (Å²) in [7, 11) is 0. The van der Waals surface area contributed by atoms with E-state index >= 15 is 0 Å². The minimum Gasteiger partial charge on any atom is -0.508 e. The standard InChI is InChI=1S/C58H64ClF3N12O5/c1-4-51(77)73-26-25-72(31-42(73)17-21-63)53-43-20-24-71(48-10-6-8-38-7-5-9-46(59)52(38)48)32-47(43)66-57(67-53)79-33-40-14-13-39(65-40)30-70-22-18-37(19-23-70)27-36-11-15-41(16-12-36)74-54(45-28-44(35(2)3)49(75)29-50(45)76)68-69-55(74)56(78)64-34-58(60,61)62/h4-12,15-16,28-29,35,37,39-40,42,65,75-76H,1,13-14,17-20,22-27,30-34H2,2-3H3,(H,64,78)/t39?,40?,42-/m0/s1. The summed E-state index contributed by atoms with van der Waals surface area (Å²) in [5.74, 6) is -1.04. The number of amides is 2. The molecule has 0 saturated carbocycles. The van der Waals surface area contributed by atoms with Crippen LogP contribution in [0.5, 0.6) is 17.5 Å². The summed E-state index contributed by atoms with van der Waals surface area (Å²) in [4.78, 5) is 44.8. The first-order valence-corrected chi connectivity index (χ1v) is 27.4. The van der Waals surface area contributed by atoms with Crippen LogP contribution in [0.15, 0.2) is 85.5 Å². The Morgan fingerprint density at radius 1 is 0.949 bits per heavy atom. The molecule has 4 aliphatic rings. The number of carbonyl (C=O) groups is 2. The van der Waals surface area contributed by atoms with Crippen molar-refractivity contribution in [2.45, 2.75) is 95.6 Å². The van der Waals surface area contributed by atoms with Gasteiger partial charge in [0.05, 0.1) is 41.4 Å². The molecular formula is C58H64ClF3N12O5.